The molecule has 0 spiro atoms. The number of hydrogen-bond acceptors (Lipinski definition) is 5. The van der Waals surface area contributed by atoms with Crippen LogP contribution in [0.2, 0.25) is 15.1 Å². The first-order chi connectivity index (χ1) is 19.6. The molecular formula is C30H34Cl3N3O5S. The quantitative estimate of drug-likeness (QED) is 0.275. The number of amides is 2. The molecule has 0 aliphatic rings. The second-order valence-corrected chi connectivity index (χ2v) is 13.9. The molecule has 0 aliphatic carbocycles. The number of carbonyl (C=O) groups is 2. The average molecular weight is 655 g/mol. The molecule has 3 rings (SSSR count). The van der Waals surface area contributed by atoms with Gasteiger partial charge in [-0.05, 0) is 62.2 Å². The predicted molar refractivity (Wildman–Crippen MR) is 169 cm³/mol. The Labute approximate surface area is 262 Å². The summed E-state index contributed by atoms with van der Waals surface area (Å²) in [6, 6.07) is 17.6. The summed E-state index contributed by atoms with van der Waals surface area (Å²) in [6.45, 7) is 4.90. The molecule has 0 heterocycles. The Balaban J connectivity index is 2.10. The molecule has 12 heteroatoms. The van der Waals surface area contributed by atoms with Gasteiger partial charge < -0.3 is 15.0 Å². The maximum absolute atomic E-state index is 14.2. The standard InChI is InChI=1S/C30H34Cl3N3O5S/c1-30(2,3)34-29(38)26(16-20-9-7-6-8-10-20)35(18-21-11-13-23(31)24(32)15-21)28(37)19-36(42(5,39)40)22-12-14-27(41-4)25(33)17-22/h6-15,17,26H,16,18-19H2,1-5H3,(H,34,38)/t26-/m0/s1. The molecule has 0 fully saturated rings. The molecule has 42 heavy (non-hydrogen) atoms. The van der Waals surface area contributed by atoms with E-state index in [-0.39, 0.29) is 28.7 Å². The minimum Gasteiger partial charge on any atom is -0.495 e. The van der Waals surface area contributed by atoms with Crippen LogP contribution in [0, 0.1) is 0 Å². The summed E-state index contributed by atoms with van der Waals surface area (Å²) < 4.78 is 32.0. The van der Waals surface area contributed by atoms with E-state index in [1.807, 2.05) is 51.1 Å². The number of halogens is 3. The van der Waals surface area contributed by atoms with Gasteiger partial charge in [-0.25, -0.2) is 8.42 Å². The fourth-order valence-electron chi connectivity index (χ4n) is 4.27. The van der Waals surface area contributed by atoms with Gasteiger partial charge in [0, 0.05) is 18.5 Å². The zero-order valence-electron chi connectivity index (χ0n) is 24.0. The molecule has 226 valence electrons. The van der Waals surface area contributed by atoms with Crippen LogP contribution in [-0.2, 0) is 32.6 Å². The van der Waals surface area contributed by atoms with Crippen molar-refractivity contribution in [3.05, 3.63) is 92.9 Å². The minimum absolute atomic E-state index is 0.0360. The largest absolute Gasteiger partial charge is 0.495 e. The van der Waals surface area contributed by atoms with Gasteiger partial charge in [-0.1, -0.05) is 71.2 Å². The molecule has 0 saturated carbocycles. The average Bonchev–Trinajstić information content (AvgIpc) is 2.90. The van der Waals surface area contributed by atoms with Crippen LogP contribution in [0.15, 0.2) is 66.7 Å². The lowest BCUT2D eigenvalue weighted by Gasteiger charge is -2.35. The first-order valence-electron chi connectivity index (χ1n) is 13.0. The minimum atomic E-state index is -3.95. The number of carbonyl (C=O) groups excluding carboxylic acids is 2. The van der Waals surface area contributed by atoms with Gasteiger partial charge in [-0.15, -0.1) is 0 Å². The van der Waals surface area contributed by atoms with Crippen molar-refractivity contribution in [1.29, 1.82) is 0 Å². The molecule has 0 bridgehead atoms. The molecule has 1 N–H and O–H groups in total. The lowest BCUT2D eigenvalue weighted by molar-refractivity contribution is -0.140. The second kappa shape index (κ2) is 14.0. The predicted octanol–water partition coefficient (Wildman–Crippen LogP) is 5.98. The Bertz CT molecular complexity index is 1530. The molecule has 8 nitrogen and oxygen atoms in total. The summed E-state index contributed by atoms with van der Waals surface area (Å²) in [6.07, 6.45) is 1.18. The van der Waals surface area contributed by atoms with E-state index >= 15 is 0 Å². The van der Waals surface area contributed by atoms with Gasteiger partial charge in [-0.2, -0.15) is 0 Å². The Kier molecular flexibility index (Phi) is 11.2. The van der Waals surface area contributed by atoms with Crippen LogP contribution in [0.3, 0.4) is 0 Å². The number of rotatable bonds is 11. The number of nitrogens with one attached hydrogen (secondary N) is 1. The van der Waals surface area contributed by atoms with Crippen molar-refractivity contribution in [3.63, 3.8) is 0 Å². The van der Waals surface area contributed by atoms with Crippen molar-refractivity contribution in [2.45, 2.75) is 45.3 Å². The SMILES string of the molecule is COc1ccc(N(CC(=O)N(Cc2ccc(Cl)c(Cl)c2)[C@@H](Cc2ccccc2)C(=O)NC(C)(C)C)S(C)(=O)=O)cc1Cl. The summed E-state index contributed by atoms with van der Waals surface area (Å²) in [5, 5.41) is 3.77. The molecule has 0 aliphatic heterocycles. The number of anilines is 1. The Hall–Kier alpha value is -2.98. The fourth-order valence-corrected chi connectivity index (χ4v) is 5.68. The third-order valence-corrected chi connectivity index (χ3v) is 8.38. The highest BCUT2D eigenvalue weighted by molar-refractivity contribution is 7.92. The van der Waals surface area contributed by atoms with Crippen LogP contribution in [0.1, 0.15) is 31.9 Å². The third-order valence-electron chi connectivity index (χ3n) is 6.21. The van der Waals surface area contributed by atoms with Crippen LogP contribution in [0.25, 0.3) is 0 Å². The first kappa shape index (κ1) is 33.5. The van der Waals surface area contributed by atoms with Gasteiger partial charge in [0.2, 0.25) is 21.8 Å². The van der Waals surface area contributed by atoms with Gasteiger partial charge in [0.15, 0.2) is 0 Å². The summed E-state index contributed by atoms with van der Waals surface area (Å²) in [7, 11) is -2.51. The van der Waals surface area contributed by atoms with E-state index < -0.39 is 40.0 Å². The lowest BCUT2D eigenvalue weighted by atomic mass is 10.0. The zero-order valence-corrected chi connectivity index (χ0v) is 27.1. The summed E-state index contributed by atoms with van der Waals surface area (Å²) in [4.78, 5) is 29.3. The van der Waals surface area contributed by atoms with Crippen LogP contribution in [0.4, 0.5) is 5.69 Å². The van der Waals surface area contributed by atoms with Crippen molar-refractivity contribution < 1.29 is 22.7 Å². The highest BCUT2D eigenvalue weighted by Gasteiger charge is 2.34. The van der Waals surface area contributed by atoms with E-state index in [9.17, 15) is 18.0 Å². The van der Waals surface area contributed by atoms with Gasteiger partial charge in [0.25, 0.3) is 0 Å². The van der Waals surface area contributed by atoms with Crippen LogP contribution in [-0.4, -0.2) is 56.6 Å². The summed E-state index contributed by atoms with van der Waals surface area (Å²) in [5.41, 5.74) is 1.01. The highest BCUT2D eigenvalue weighted by atomic mass is 35.5. The third kappa shape index (κ3) is 9.26. The van der Waals surface area contributed by atoms with E-state index in [0.29, 0.717) is 16.3 Å². The maximum Gasteiger partial charge on any atom is 0.244 e. The number of methoxy groups -OCH3 is 1. The molecule has 2 amide bonds. The number of ether oxygens (including phenoxy) is 1. The van der Waals surface area contributed by atoms with Crippen molar-refractivity contribution in [2.75, 3.05) is 24.2 Å². The van der Waals surface area contributed by atoms with Crippen LogP contribution < -0.4 is 14.4 Å². The van der Waals surface area contributed by atoms with Crippen LogP contribution in [0.5, 0.6) is 5.75 Å². The molecule has 1 atom stereocenters. The van der Waals surface area contributed by atoms with Crippen LogP contribution >= 0.6 is 34.8 Å². The molecule has 3 aromatic carbocycles. The number of hydrogen-bond donors (Lipinski definition) is 1. The van der Waals surface area contributed by atoms with Gasteiger partial charge in [0.1, 0.15) is 18.3 Å². The highest BCUT2D eigenvalue weighted by Crippen LogP contribution is 2.31. The van der Waals surface area contributed by atoms with E-state index in [1.54, 1.807) is 18.2 Å². The molecule has 0 saturated heterocycles. The number of nitrogens with zero attached hydrogens (tertiary/aromatic N) is 2. The summed E-state index contributed by atoms with van der Waals surface area (Å²) in [5.74, 6) is -0.648. The summed E-state index contributed by atoms with van der Waals surface area (Å²) >= 11 is 18.7. The first-order valence-corrected chi connectivity index (χ1v) is 16.0. The number of benzene rings is 3. The van der Waals surface area contributed by atoms with Gasteiger partial charge in [0.05, 0.1) is 34.1 Å². The smallest absolute Gasteiger partial charge is 0.244 e. The molecular weight excluding hydrogens is 621 g/mol. The normalized spacial score (nSPS) is 12.4. The maximum atomic E-state index is 14.2. The molecule has 0 radical (unpaired) electrons. The number of sulfonamides is 1. The monoisotopic (exact) mass is 653 g/mol. The second-order valence-electron chi connectivity index (χ2n) is 10.8. The molecule has 0 unspecified atom stereocenters. The van der Waals surface area contributed by atoms with E-state index in [0.717, 1.165) is 16.1 Å². The van der Waals surface area contributed by atoms with E-state index in [4.69, 9.17) is 39.5 Å². The Morgan fingerprint density at radius 2 is 1.57 bits per heavy atom. The molecule has 0 aromatic heterocycles. The molecule has 3 aromatic rings. The van der Waals surface area contributed by atoms with Crippen molar-refractivity contribution >= 4 is 62.3 Å². The van der Waals surface area contributed by atoms with Gasteiger partial charge in [-0.3, -0.25) is 13.9 Å². The Morgan fingerprint density at radius 1 is 0.905 bits per heavy atom. The lowest BCUT2D eigenvalue weighted by Crippen LogP contribution is -2.56. The van der Waals surface area contributed by atoms with Crippen molar-refractivity contribution in [2.24, 2.45) is 0 Å². The van der Waals surface area contributed by atoms with Gasteiger partial charge >= 0.3 is 0 Å². The van der Waals surface area contributed by atoms with Crippen molar-refractivity contribution in [1.82, 2.24) is 10.2 Å². The fraction of sp³-hybridized carbons (Fsp3) is 0.333. The Morgan fingerprint density at radius 3 is 2.12 bits per heavy atom. The topological polar surface area (TPSA) is 96.0 Å². The van der Waals surface area contributed by atoms with E-state index in [2.05, 4.69) is 5.32 Å². The zero-order chi connectivity index (χ0) is 31.2. The van der Waals surface area contributed by atoms with Crippen molar-refractivity contribution in [3.8, 4) is 5.75 Å². The van der Waals surface area contributed by atoms with E-state index in [1.165, 1.54) is 30.2 Å².